The molecule has 1 fully saturated rings. The summed E-state index contributed by atoms with van der Waals surface area (Å²) in [5.74, 6) is -0.427. The third-order valence-corrected chi connectivity index (χ3v) is 10.8. The lowest BCUT2D eigenvalue weighted by Gasteiger charge is -2.42. The second-order valence-electron chi connectivity index (χ2n) is 11.7. The molecule has 0 unspecified atom stereocenters. The molecule has 0 spiro atoms. The predicted octanol–water partition coefficient (Wildman–Crippen LogP) is 5.22. The van der Waals surface area contributed by atoms with Crippen LogP contribution >= 0.6 is 11.3 Å². The number of nitrogens with zero attached hydrogens (tertiary/aromatic N) is 2. The van der Waals surface area contributed by atoms with Gasteiger partial charge in [0.1, 0.15) is 5.00 Å². The summed E-state index contributed by atoms with van der Waals surface area (Å²) < 4.78 is 27.5. The third kappa shape index (κ3) is 5.27. The molecular weight excluding hydrogens is 544 g/mol. The molecule has 2 aromatic carbocycles. The van der Waals surface area contributed by atoms with Gasteiger partial charge in [0.15, 0.2) is 0 Å². The summed E-state index contributed by atoms with van der Waals surface area (Å²) in [7, 11) is -2.30. The van der Waals surface area contributed by atoms with Crippen molar-refractivity contribution < 1.29 is 18.0 Å². The summed E-state index contributed by atoms with van der Waals surface area (Å²) in [5.41, 5.74) is 1.85. The van der Waals surface area contributed by atoms with E-state index in [1.165, 1.54) is 47.0 Å². The molecule has 2 aliphatic rings. The number of anilines is 2. The number of likely N-dealkylation sites (tertiary alicyclic amines) is 1. The molecule has 3 aromatic rings. The zero-order chi connectivity index (χ0) is 28.9. The van der Waals surface area contributed by atoms with Crippen LogP contribution in [0.25, 0.3) is 0 Å². The molecule has 40 heavy (non-hydrogen) atoms. The van der Waals surface area contributed by atoms with Gasteiger partial charge in [-0.25, -0.2) is 8.42 Å². The van der Waals surface area contributed by atoms with E-state index >= 15 is 0 Å². The first kappa shape index (κ1) is 28.3. The number of sulfonamides is 1. The highest BCUT2D eigenvalue weighted by Crippen LogP contribution is 2.45. The van der Waals surface area contributed by atoms with Crippen molar-refractivity contribution in [3.8, 4) is 0 Å². The first-order chi connectivity index (χ1) is 18.8. The molecule has 5 rings (SSSR count). The second-order valence-corrected chi connectivity index (χ2v) is 14.7. The van der Waals surface area contributed by atoms with E-state index in [1.807, 2.05) is 11.0 Å². The number of hydrogen-bond acceptors (Lipinski definition) is 6. The van der Waals surface area contributed by atoms with Crippen LogP contribution in [0.4, 0.5) is 10.7 Å². The third-order valence-electron chi connectivity index (χ3n) is 7.57. The Morgan fingerprint density at radius 3 is 2.23 bits per heavy atom. The normalized spacial score (nSPS) is 17.8. The fraction of sp³-hybridized carbons (Fsp3) is 0.400. The SMILES string of the molecule is CN(c1ccccc1)S(=O)(=O)c1ccc(C(=O)Nc2sc3c(c2C(=O)N2CCCC2)CC(C)(C)NC3(C)C)cc1. The average Bonchev–Trinajstić information content (AvgIpc) is 3.56. The lowest BCUT2D eigenvalue weighted by Crippen LogP contribution is -2.55. The maximum atomic E-state index is 13.8. The molecule has 0 atom stereocenters. The van der Waals surface area contributed by atoms with E-state index < -0.39 is 10.0 Å². The molecule has 0 aliphatic carbocycles. The highest BCUT2D eigenvalue weighted by Gasteiger charge is 2.42. The Morgan fingerprint density at radius 2 is 1.60 bits per heavy atom. The van der Waals surface area contributed by atoms with Gasteiger partial charge in [-0.1, -0.05) is 18.2 Å². The van der Waals surface area contributed by atoms with Crippen molar-refractivity contribution in [2.75, 3.05) is 29.8 Å². The summed E-state index contributed by atoms with van der Waals surface area (Å²) in [4.78, 5) is 30.2. The van der Waals surface area contributed by atoms with Crippen LogP contribution in [0.1, 0.15) is 71.7 Å². The smallest absolute Gasteiger partial charge is 0.264 e. The fourth-order valence-electron chi connectivity index (χ4n) is 5.81. The monoisotopic (exact) mass is 580 g/mol. The van der Waals surface area contributed by atoms with Crippen LogP contribution in [-0.2, 0) is 22.0 Å². The highest BCUT2D eigenvalue weighted by atomic mass is 32.2. The van der Waals surface area contributed by atoms with Gasteiger partial charge in [-0.3, -0.25) is 13.9 Å². The standard InChI is InChI=1S/C30H36N4O4S2/c1-29(2)19-23-24(28(36)34-17-9-10-18-34)27(39-25(23)30(3,4)32-29)31-26(35)20-13-15-22(16-14-20)40(37,38)33(5)21-11-7-6-8-12-21/h6-8,11-16,32H,9-10,17-19H2,1-5H3,(H,31,35). The number of para-hydroxylation sites is 1. The predicted molar refractivity (Wildman–Crippen MR) is 160 cm³/mol. The molecular formula is C30H36N4O4S2. The Morgan fingerprint density at radius 1 is 0.975 bits per heavy atom. The van der Waals surface area contributed by atoms with Gasteiger partial charge < -0.3 is 15.5 Å². The van der Waals surface area contributed by atoms with Gasteiger partial charge in [-0.15, -0.1) is 11.3 Å². The van der Waals surface area contributed by atoms with Gasteiger partial charge in [0.25, 0.3) is 21.8 Å². The largest absolute Gasteiger partial charge is 0.339 e. The highest BCUT2D eigenvalue weighted by molar-refractivity contribution is 7.92. The quantitative estimate of drug-likeness (QED) is 0.417. The van der Waals surface area contributed by atoms with E-state index in [-0.39, 0.29) is 27.8 Å². The number of fused-ring (bicyclic) bond motifs is 1. The minimum Gasteiger partial charge on any atom is -0.339 e. The fourth-order valence-corrected chi connectivity index (χ4v) is 8.27. The van der Waals surface area contributed by atoms with Crippen molar-refractivity contribution in [2.45, 2.75) is 62.9 Å². The van der Waals surface area contributed by atoms with Crippen LogP contribution in [0.5, 0.6) is 0 Å². The molecule has 2 N–H and O–H groups in total. The number of nitrogens with one attached hydrogen (secondary N) is 2. The van der Waals surface area contributed by atoms with E-state index in [0.717, 1.165) is 36.4 Å². The summed E-state index contributed by atoms with van der Waals surface area (Å²) in [6.45, 7) is 9.89. The van der Waals surface area contributed by atoms with Gasteiger partial charge in [-0.05, 0) is 88.9 Å². The number of benzene rings is 2. The average molecular weight is 581 g/mol. The van der Waals surface area contributed by atoms with Gasteiger partial charge in [0.2, 0.25) is 0 Å². The second kappa shape index (κ2) is 10.3. The first-order valence-electron chi connectivity index (χ1n) is 13.5. The van der Waals surface area contributed by atoms with Crippen molar-refractivity contribution in [1.82, 2.24) is 10.2 Å². The van der Waals surface area contributed by atoms with Crippen molar-refractivity contribution in [2.24, 2.45) is 0 Å². The van der Waals surface area contributed by atoms with Crippen LogP contribution in [0, 0.1) is 0 Å². The molecule has 3 heterocycles. The molecule has 1 saturated heterocycles. The number of hydrogen-bond donors (Lipinski definition) is 2. The van der Waals surface area contributed by atoms with E-state index in [1.54, 1.807) is 24.3 Å². The molecule has 2 amide bonds. The van der Waals surface area contributed by atoms with E-state index in [0.29, 0.717) is 28.2 Å². The van der Waals surface area contributed by atoms with Crippen molar-refractivity contribution >= 4 is 43.9 Å². The van der Waals surface area contributed by atoms with Crippen LogP contribution in [0.15, 0.2) is 59.5 Å². The number of rotatable bonds is 6. The number of carbonyl (C=O) groups is 2. The van der Waals surface area contributed by atoms with E-state index in [9.17, 15) is 18.0 Å². The number of carbonyl (C=O) groups excluding carboxylic acids is 2. The van der Waals surface area contributed by atoms with Crippen LogP contribution in [0.3, 0.4) is 0 Å². The Hall–Kier alpha value is -3.21. The minimum absolute atomic E-state index is 0.0378. The van der Waals surface area contributed by atoms with Gasteiger partial charge >= 0.3 is 0 Å². The number of amides is 2. The molecule has 0 bridgehead atoms. The van der Waals surface area contributed by atoms with Crippen LogP contribution in [-0.4, -0.2) is 50.8 Å². The van der Waals surface area contributed by atoms with Crippen LogP contribution < -0.4 is 14.9 Å². The Balaban J connectivity index is 1.45. The van der Waals surface area contributed by atoms with Gasteiger partial charge in [0.05, 0.1) is 16.1 Å². The summed E-state index contributed by atoms with van der Waals surface area (Å²) >= 11 is 1.44. The maximum Gasteiger partial charge on any atom is 0.264 e. The molecule has 10 heteroatoms. The molecule has 212 valence electrons. The molecule has 0 radical (unpaired) electrons. The Bertz CT molecular complexity index is 1540. The molecule has 8 nitrogen and oxygen atoms in total. The summed E-state index contributed by atoms with van der Waals surface area (Å²) in [6.07, 6.45) is 2.63. The summed E-state index contributed by atoms with van der Waals surface area (Å²) in [6, 6.07) is 14.7. The van der Waals surface area contributed by atoms with Crippen LogP contribution in [0.2, 0.25) is 0 Å². The van der Waals surface area contributed by atoms with E-state index in [2.05, 4.69) is 38.3 Å². The number of thiophene rings is 1. The van der Waals surface area contributed by atoms with Crippen molar-refractivity contribution in [3.63, 3.8) is 0 Å². The zero-order valence-corrected chi connectivity index (χ0v) is 25.2. The topological polar surface area (TPSA) is 98.8 Å². The first-order valence-corrected chi connectivity index (χ1v) is 15.8. The lowest BCUT2D eigenvalue weighted by molar-refractivity contribution is 0.0792. The summed E-state index contributed by atoms with van der Waals surface area (Å²) in [5, 5.41) is 7.22. The zero-order valence-electron chi connectivity index (χ0n) is 23.6. The Kier molecular flexibility index (Phi) is 7.31. The maximum absolute atomic E-state index is 13.8. The molecule has 0 saturated carbocycles. The Labute approximate surface area is 240 Å². The minimum atomic E-state index is -3.80. The van der Waals surface area contributed by atoms with Crippen molar-refractivity contribution in [3.05, 3.63) is 76.2 Å². The van der Waals surface area contributed by atoms with Crippen molar-refractivity contribution in [1.29, 1.82) is 0 Å². The van der Waals surface area contributed by atoms with Gasteiger partial charge in [0, 0.05) is 41.7 Å². The lowest BCUT2D eigenvalue weighted by atomic mass is 9.81. The molecule has 1 aromatic heterocycles. The van der Waals surface area contributed by atoms with Gasteiger partial charge in [-0.2, -0.15) is 0 Å². The van der Waals surface area contributed by atoms with E-state index in [4.69, 9.17) is 0 Å². The molecule has 2 aliphatic heterocycles.